The standard InChI is InChI=1S/C19H26O4/c1-17(2,16(20)21)23-13-14-3-5-15(6-4-14)18-7-10-19(22,11-8-18)12-9-18/h3-6,22H,7-13H2,1-2H3,(H,20,21). The summed E-state index contributed by atoms with van der Waals surface area (Å²) in [6.45, 7) is 3.42. The maximum absolute atomic E-state index is 11.1. The van der Waals surface area contributed by atoms with Gasteiger partial charge < -0.3 is 14.9 Å². The zero-order valence-corrected chi connectivity index (χ0v) is 14.0. The Labute approximate surface area is 137 Å². The molecule has 2 bridgehead atoms. The lowest BCUT2D eigenvalue weighted by atomic mass is 9.56. The van der Waals surface area contributed by atoms with Crippen LogP contribution in [-0.2, 0) is 21.6 Å². The van der Waals surface area contributed by atoms with Crippen molar-refractivity contribution >= 4 is 5.97 Å². The topological polar surface area (TPSA) is 66.8 Å². The van der Waals surface area contributed by atoms with E-state index in [4.69, 9.17) is 9.84 Å². The number of carbonyl (C=O) groups is 1. The largest absolute Gasteiger partial charge is 0.479 e. The van der Waals surface area contributed by atoms with Crippen molar-refractivity contribution in [3.05, 3.63) is 35.4 Å². The predicted octanol–water partition coefficient (Wildman–Crippen LogP) is 3.40. The third kappa shape index (κ3) is 3.15. The maximum atomic E-state index is 11.1. The minimum atomic E-state index is -1.17. The summed E-state index contributed by atoms with van der Waals surface area (Å²) in [6.07, 6.45) is 5.90. The van der Waals surface area contributed by atoms with Gasteiger partial charge in [-0.1, -0.05) is 24.3 Å². The molecule has 4 heteroatoms. The third-order valence-corrected chi connectivity index (χ3v) is 5.89. The minimum Gasteiger partial charge on any atom is -0.479 e. The Bertz CT molecular complexity index is 563. The molecule has 4 rings (SSSR count). The Morgan fingerprint density at radius 3 is 2.09 bits per heavy atom. The van der Waals surface area contributed by atoms with Gasteiger partial charge in [0.1, 0.15) is 0 Å². The van der Waals surface area contributed by atoms with E-state index in [1.165, 1.54) is 5.56 Å². The first-order valence-electron chi connectivity index (χ1n) is 8.44. The third-order valence-electron chi connectivity index (χ3n) is 5.89. The molecule has 3 aliphatic carbocycles. The molecule has 0 saturated heterocycles. The first kappa shape index (κ1) is 16.5. The highest BCUT2D eigenvalue weighted by Crippen LogP contribution is 2.53. The highest BCUT2D eigenvalue weighted by Gasteiger charge is 2.48. The molecule has 0 amide bonds. The highest BCUT2D eigenvalue weighted by molar-refractivity contribution is 5.76. The summed E-state index contributed by atoms with van der Waals surface area (Å²) in [7, 11) is 0. The van der Waals surface area contributed by atoms with E-state index in [-0.39, 0.29) is 5.41 Å². The van der Waals surface area contributed by atoms with Crippen LogP contribution in [0.4, 0.5) is 0 Å². The molecule has 3 saturated carbocycles. The highest BCUT2D eigenvalue weighted by atomic mass is 16.5. The second kappa shape index (κ2) is 5.60. The van der Waals surface area contributed by atoms with Gasteiger partial charge in [0.25, 0.3) is 0 Å². The molecule has 0 aromatic heterocycles. The van der Waals surface area contributed by atoms with E-state index >= 15 is 0 Å². The van der Waals surface area contributed by atoms with E-state index in [9.17, 15) is 9.90 Å². The summed E-state index contributed by atoms with van der Waals surface area (Å²) in [5, 5.41) is 19.4. The Kier molecular flexibility index (Phi) is 4.01. The number of ether oxygens (including phenoxy) is 1. The molecular formula is C19H26O4. The fourth-order valence-electron chi connectivity index (χ4n) is 3.88. The Morgan fingerprint density at radius 1 is 1.09 bits per heavy atom. The van der Waals surface area contributed by atoms with Crippen molar-refractivity contribution in [1.82, 2.24) is 0 Å². The van der Waals surface area contributed by atoms with Crippen LogP contribution < -0.4 is 0 Å². The van der Waals surface area contributed by atoms with Gasteiger partial charge in [-0.3, -0.25) is 0 Å². The molecule has 23 heavy (non-hydrogen) atoms. The van der Waals surface area contributed by atoms with E-state index < -0.39 is 17.2 Å². The van der Waals surface area contributed by atoms with Crippen molar-refractivity contribution < 1.29 is 19.7 Å². The van der Waals surface area contributed by atoms with Gasteiger partial charge in [0, 0.05) is 0 Å². The van der Waals surface area contributed by atoms with E-state index in [2.05, 4.69) is 12.1 Å². The summed E-state index contributed by atoms with van der Waals surface area (Å²) in [6, 6.07) is 8.39. The van der Waals surface area contributed by atoms with Crippen molar-refractivity contribution in [3.63, 3.8) is 0 Å². The Morgan fingerprint density at radius 2 is 1.61 bits per heavy atom. The van der Waals surface area contributed by atoms with Gasteiger partial charge in [0.15, 0.2) is 5.60 Å². The van der Waals surface area contributed by atoms with Gasteiger partial charge in [-0.15, -0.1) is 0 Å². The van der Waals surface area contributed by atoms with Gasteiger partial charge in [0.2, 0.25) is 0 Å². The average molecular weight is 318 g/mol. The molecule has 1 aromatic rings. The SMILES string of the molecule is CC(C)(OCc1ccc(C23CCC(O)(CC2)CC3)cc1)C(=O)O. The van der Waals surface area contributed by atoms with Crippen LogP contribution in [0.3, 0.4) is 0 Å². The molecule has 3 aliphatic rings. The molecular weight excluding hydrogens is 292 g/mol. The van der Waals surface area contributed by atoms with Crippen LogP contribution in [0.15, 0.2) is 24.3 Å². The average Bonchev–Trinajstić information content (AvgIpc) is 2.54. The van der Waals surface area contributed by atoms with Crippen molar-refractivity contribution in [2.24, 2.45) is 0 Å². The number of rotatable bonds is 5. The first-order valence-corrected chi connectivity index (χ1v) is 8.44. The van der Waals surface area contributed by atoms with Gasteiger partial charge in [-0.05, 0) is 68.9 Å². The predicted molar refractivity (Wildman–Crippen MR) is 87.3 cm³/mol. The van der Waals surface area contributed by atoms with Crippen LogP contribution in [0.2, 0.25) is 0 Å². The Balaban J connectivity index is 1.67. The van der Waals surface area contributed by atoms with Crippen molar-refractivity contribution in [2.75, 3.05) is 0 Å². The van der Waals surface area contributed by atoms with Gasteiger partial charge in [-0.25, -0.2) is 4.79 Å². The second-order valence-corrected chi connectivity index (χ2v) is 7.81. The molecule has 3 fully saturated rings. The normalized spacial score (nSPS) is 30.4. The van der Waals surface area contributed by atoms with E-state index in [1.807, 2.05) is 12.1 Å². The van der Waals surface area contributed by atoms with Gasteiger partial charge in [0.05, 0.1) is 12.2 Å². The summed E-state index contributed by atoms with van der Waals surface area (Å²) < 4.78 is 5.50. The quantitative estimate of drug-likeness (QED) is 0.873. The van der Waals surface area contributed by atoms with E-state index in [0.717, 1.165) is 44.1 Å². The fourth-order valence-corrected chi connectivity index (χ4v) is 3.88. The smallest absolute Gasteiger partial charge is 0.335 e. The minimum absolute atomic E-state index is 0.226. The number of hydrogen-bond acceptors (Lipinski definition) is 3. The number of aliphatic carboxylic acids is 1. The van der Waals surface area contributed by atoms with Crippen LogP contribution in [0.25, 0.3) is 0 Å². The summed E-state index contributed by atoms with van der Waals surface area (Å²) >= 11 is 0. The second-order valence-electron chi connectivity index (χ2n) is 7.81. The lowest BCUT2D eigenvalue weighted by Gasteiger charge is -2.51. The van der Waals surface area contributed by atoms with Gasteiger partial charge >= 0.3 is 5.97 Å². The number of hydrogen-bond donors (Lipinski definition) is 2. The number of carboxylic acid groups (broad SMARTS) is 1. The number of carboxylic acids is 1. The van der Waals surface area contributed by atoms with Crippen LogP contribution in [-0.4, -0.2) is 27.4 Å². The lowest BCUT2D eigenvalue weighted by molar-refractivity contribution is -0.162. The van der Waals surface area contributed by atoms with Crippen LogP contribution in [0, 0.1) is 0 Å². The zero-order valence-electron chi connectivity index (χ0n) is 14.0. The van der Waals surface area contributed by atoms with E-state index in [1.54, 1.807) is 13.8 Å². The molecule has 0 aliphatic heterocycles. The van der Waals surface area contributed by atoms with Gasteiger partial charge in [-0.2, -0.15) is 0 Å². The lowest BCUT2D eigenvalue weighted by Crippen LogP contribution is -2.48. The van der Waals surface area contributed by atoms with Crippen molar-refractivity contribution in [2.45, 2.75) is 75.6 Å². The monoisotopic (exact) mass is 318 g/mol. The molecule has 0 heterocycles. The molecule has 0 unspecified atom stereocenters. The van der Waals surface area contributed by atoms with Crippen LogP contribution in [0.1, 0.15) is 63.5 Å². The summed E-state index contributed by atoms with van der Waals surface area (Å²) in [5.41, 5.74) is 0.986. The van der Waals surface area contributed by atoms with Crippen molar-refractivity contribution in [1.29, 1.82) is 0 Å². The number of fused-ring (bicyclic) bond motifs is 3. The number of aliphatic hydroxyl groups is 1. The summed E-state index contributed by atoms with van der Waals surface area (Å²) in [5.74, 6) is -0.954. The number of benzene rings is 1. The molecule has 1 aromatic carbocycles. The van der Waals surface area contributed by atoms with Crippen LogP contribution in [0.5, 0.6) is 0 Å². The van der Waals surface area contributed by atoms with Crippen molar-refractivity contribution in [3.8, 4) is 0 Å². The molecule has 126 valence electrons. The Hall–Kier alpha value is -1.39. The van der Waals surface area contributed by atoms with Crippen LogP contribution >= 0.6 is 0 Å². The zero-order chi connectivity index (χ0) is 16.7. The molecule has 4 nitrogen and oxygen atoms in total. The fraction of sp³-hybridized carbons (Fsp3) is 0.632. The maximum Gasteiger partial charge on any atom is 0.335 e. The molecule has 2 N–H and O–H groups in total. The molecule has 0 spiro atoms. The van der Waals surface area contributed by atoms with E-state index in [0.29, 0.717) is 6.61 Å². The molecule has 0 radical (unpaired) electrons. The first-order chi connectivity index (χ1) is 10.7. The summed E-state index contributed by atoms with van der Waals surface area (Å²) in [4.78, 5) is 11.1. The molecule has 0 atom stereocenters.